The van der Waals surface area contributed by atoms with Gasteiger partial charge in [-0.05, 0) is 49.0 Å². The van der Waals surface area contributed by atoms with E-state index >= 15 is 0 Å². The van der Waals surface area contributed by atoms with Gasteiger partial charge < -0.3 is 14.8 Å². The zero-order chi connectivity index (χ0) is 15.4. The Labute approximate surface area is 125 Å². The number of hydrogen-bond acceptors (Lipinski definition) is 3. The average molecular weight is 291 g/mol. The van der Waals surface area contributed by atoms with Crippen LogP contribution in [0.2, 0.25) is 0 Å². The molecule has 3 unspecified atom stereocenters. The molecule has 2 aliphatic rings. The normalized spacial score (nSPS) is 33.5. The van der Waals surface area contributed by atoms with Gasteiger partial charge in [0.05, 0.1) is 0 Å². The van der Waals surface area contributed by atoms with Crippen LogP contribution < -0.4 is 5.32 Å². The van der Waals surface area contributed by atoms with Crippen molar-refractivity contribution in [2.75, 3.05) is 0 Å². The molecule has 0 aromatic carbocycles. The van der Waals surface area contributed by atoms with Crippen molar-refractivity contribution in [3.8, 4) is 0 Å². The van der Waals surface area contributed by atoms with E-state index in [1.54, 1.807) is 6.07 Å². The van der Waals surface area contributed by atoms with Crippen LogP contribution in [0.25, 0.3) is 0 Å². The number of aromatic carboxylic acids is 1. The minimum atomic E-state index is -1.00. The zero-order valence-electron chi connectivity index (χ0n) is 13.3. The van der Waals surface area contributed by atoms with E-state index in [0.717, 1.165) is 11.5 Å². The number of aryl methyl sites for hydroxylation is 1. The maximum absolute atomic E-state index is 11.0. The molecule has 21 heavy (non-hydrogen) atoms. The maximum atomic E-state index is 11.0. The Hall–Kier alpha value is -1.29. The Morgan fingerprint density at radius 1 is 1.48 bits per heavy atom. The molecule has 1 aromatic heterocycles. The van der Waals surface area contributed by atoms with Gasteiger partial charge in [-0.2, -0.15) is 0 Å². The van der Waals surface area contributed by atoms with Gasteiger partial charge in [0, 0.05) is 18.2 Å². The van der Waals surface area contributed by atoms with Gasteiger partial charge in [0.15, 0.2) is 0 Å². The summed E-state index contributed by atoms with van der Waals surface area (Å²) in [5.41, 5.74) is 1.64. The van der Waals surface area contributed by atoms with E-state index < -0.39 is 5.97 Å². The molecule has 1 heterocycles. The average Bonchev–Trinajstić information content (AvgIpc) is 2.98. The predicted molar refractivity (Wildman–Crippen MR) is 80.3 cm³/mol. The molecular weight excluding hydrogens is 266 g/mol. The molecule has 3 rings (SSSR count). The summed E-state index contributed by atoms with van der Waals surface area (Å²) in [5, 5.41) is 12.7. The van der Waals surface area contributed by atoms with Crippen LogP contribution >= 0.6 is 0 Å². The van der Waals surface area contributed by atoms with Crippen LogP contribution in [0.15, 0.2) is 10.5 Å². The second kappa shape index (κ2) is 4.60. The number of carboxylic acids is 1. The standard InChI is InChI=1S/C17H25NO3/c1-10-11(7-13(21-10)14(19)20)9-18-15-16(2,3)12-5-6-17(15,4)8-12/h7,12,15,18H,5-6,8-9H2,1-4H3,(H,19,20). The Morgan fingerprint density at radius 2 is 2.19 bits per heavy atom. The van der Waals surface area contributed by atoms with Gasteiger partial charge in [0.2, 0.25) is 5.76 Å². The lowest BCUT2D eigenvalue weighted by Gasteiger charge is -2.43. The van der Waals surface area contributed by atoms with Crippen molar-refractivity contribution in [3.05, 3.63) is 23.2 Å². The summed E-state index contributed by atoms with van der Waals surface area (Å²) >= 11 is 0. The topological polar surface area (TPSA) is 62.5 Å². The largest absolute Gasteiger partial charge is 0.475 e. The van der Waals surface area contributed by atoms with Crippen LogP contribution in [-0.4, -0.2) is 17.1 Å². The van der Waals surface area contributed by atoms with Crippen LogP contribution in [-0.2, 0) is 6.54 Å². The predicted octanol–water partition coefficient (Wildman–Crippen LogP) is 3.59. The Bertz CT molecular complexity index is 570. The summed E-state index contributed by atoms with van der Waals surface area (Å²) < 4.78 is 5.29. The lowest BCUT2D eigenvalue weighted by Crippen LogP contribution is -2.49. The van der Waals surface area contributed by atoms with Gasteiger partial charge in [-0.1, -0.05) is 20.8 Å². The number of fused-ring (bicyclic) bond motifs is 2. The highest BCUT2D eigenvalue weighted by Gasteiger charge is 2.58. The van der Waals surface area contributed by atoms with Crippen LogP contribution in [0.3, 0.4) is 0 Å². The van der Waals surface area contributed by atoms with Crippen molar-refractivity contribution >= 4 is 5.97 Å². The van der Waals surface area contributed by atoms with Crippen molar-refractivity contribution in [2.24, 2.45) is 16.7 Å². The van der Waals surface area contributed by atoms with Gasteiger partial charge in [0.25, 0.3) is 0 Å². The third kappa shape index (κ3) is 2.20. The zero-order valence-corrected chi connectivity index (χ0v) is 13.3. The fourth-order valence-corrected chi connectivity index (χ4v) is 4.82. The fraction of sp³-hybridized carbons (Fsp3) is 0.706. The second-order valence-corrected chi connectivity index (χ2v) is 7.73. The summed E-state index contributed by atoms with van der Waals surface area (Å²) in [4.78, 5) is 11.0. The van der Waals surface area contributed by atoms with Crippen LogP contribution in [0, 0.1) is 23.7 Å². The SMILES string of the molecule is Cc1oc(C(=O)O)cc1CNC1C2(C)CCC(C2)C1(C)C. The van der Waals surface area contributed by atoms with Crippen LogP contribution in [0.4, 0.5) is 0 Å². The minimum Gasteiger partial charge on any atom is -0.475 e. The molecule has 0 amide bonds. The van der Waals surface area contributed by atoms with E-state index in [1.807, 2.05) is 6.92 Å². The first-order valence-corrected chi connectivity index (χ1v) is 7.80. The molecule has 2 aliphatic carbocycles. The molecule has 0 aliphatic heterocycles. The molecule has 1 aromatic rings. The smallest absolute Gasteiger partial charge is 0.371 e. The summed E-state index contributed by atoms with van der Waals surface area (Å²) in [6, 6.07) is 2.12. The Balaban J connectivity index is 1.75. The van der Waals surface area contributed by atoms with Crippen molar-refractivity contribution in [3.63, 3.8) is 0 Å². The second-order valence-electron chi connectivity index (χ2n) is 7.73. The number of rotatable bonds is 4. The first-order valence-electron chi connectivity index (χ1n) is 7.80. The number of furan rings is 1. The summed E-state index contributed by atoms with van der Waals surface area (Å²) in [5.74, 6) is 0.533. The molecule has 4 nitrogen and oxygen atoms in total. The third-order valence-corrected chi connectivity index (χ3v) is 6.00. The van der Waals surface area contributed by atoms with Crippen molar-refractivity contribution in [1.29, 1.82) is 0 Å². The number of carboxylic acid groups (broad SMARTS) is 1. The summed E-state index contributed by atoms with van der Waals surface area (Å²) in [6.45, 7) is 9.63. The molecule has 2 fully saturated rings. The first-order chi connectivity index (χ1) is 9.74. The van der Waals surface area contributed by atoms with Gasteiger partial charge >= 0.3 is 5.97 Å². The lowest BCUT2D eigenvalue weighted by molar-refractivity contribution is 0.0661. The van der Waals surface area contributed by atoms with Crippen molar-refractivity contribution in [2.45, 2.75) is 59.5 Å². The van der Waals surface area contributed by atoms with Gasteiger partial charge in [-0.15, -0.1) is 0 Å². The molecule has 3 atom stereocenters. The summed E-state index contributed by atoms with van der Waals surface area (Å²) in [7, 11) is 0. The Kier molecular flexibility index (Phi) is 3.21. The van der Waals surface area contributed by atoms with E-state index in [0.29, 0.717) is 29.2 Å². The first kappa shape index (κ1) is 14.6. The van der Waals surface area contributed by atoms with Gasteiger partial charge in [-0.3, -0.25) is 0 Å². The van der Waals surface area contributed by atoms with Crippen molar-refractivity contribution in [1.82, 2.24) is 5.32 Å². The molecule has 0 saturated heterocycles. The summed E-state index contributed by atoms with van der Waals surface area (Å²) in [6.07, 6.45) is 3.95. The molecule has 4 heteroatoms. The van der Waals surface area contributed by atoms with E-state index in [1.165, 1.54) is 19.3 Å². The third-order valence-electron chi connectivity index (χ3n) is 6.00. The molecule has 2 bridgehead atoms. The molecule has 116 valence electrons. The van der Waals surface area contributed by atoms with E-state index in [4.69, 9.17) is 9.52 Å². The number of nitrogens with one attached hydrogen (secondary N) is 1. The fourth-order valence-electron chi connectivity index (χ4n) is 4.82. The van der Waals surface area contributed by atoms with Crippen molar-refractivity contribution < 1.29 is 14.3 Å². The van der Waals surface area contributed by atoms with E-state index in [9.17, 15) is 4.79 Å². The van der Waals surface area contributed by atoms with Gasteiger partial charge in [-0.25, -0.2) is 4.79 Å². The molecule has 2 saturated carbocycles. The molecule has 0 spiro atoms. The van der Waals surface area contributed by atoms with E-state index in [-0.39, 0.29) is 5.76 Å². The van der Waals surface area contributed by atoms with Gasteiger partial charge in [0.1, 0.15) is 5.76 Å². The monoisotopic (exact) mass is 291 g/mol. The highest BCUT2D eigenvalue weighted by atomic mass is 16.4. The number of carbonyl (C=O) groups is 1. The quantitative estimate of drug-likeness (QED) is 0.890. The highest BCUT2D eigenvalue weighted by Crippen LogP contribution is 2.62. The molecule has 2 N–H and O–H groups in total. The van der Waals surface area contributed by atoms with Crippen LogP contribution in [0.1, 0.15) is 61.9 Å². The molecular formula is C17H25NO3. The number of hydrogen-bond donors (Lipinski definition) is 2. The van der Waals surface area contributed by atoms with E-state index in [2.05, 4.69) is 26.1 Å². The molecule has 0 radical (unpaired) electrons. The maximum Gasteiger partial charge on any atom is 0.371 e. The minimum absolute atomic E-state index is 0.0303. The Morgan fingerprint density at radius 3 is 2.71 bits per heavy atom. The lowest BCUT2D eigenvalue weighted by atomic mass is 9.68. The highest BCUT2D eigenvalue weighted by molar-refractivity contribution is 5.84. The van der Waals surface area contributed by atoms with Crippen LogP contribution in [0.5, 0.6) is 0 Å².